The van der Waals surface area contributed by atoms with Crippen molar-refractivity contribution in [1.82, 2.24) is 4.98 Å². The van der Waals surface area contributed by atoms with E-state index < -0.39 is 0 Å². The van der Waals surface area contributed by atoms with Crippen molar-refractivity contribution in [1.29, 1.82) is 0 Å². The number of halogens is 2. The Bertz CT molecular complexity index is 271. The van der Waals surface area contributed by atoms with Crippen LogP contribution in [0.25, 0.3) is 0 Å². The number of aromatic nitrogens is 1. The lowest BCUT2D eigenvalue weighted by Gasteiger charge is -2.08. The van der Waals surface area contributed by atoms with Gasteiger partial charge in [0.1, 0.15) is 15.5 Å². The van der Waals surface area contributed by atoms with Crippen LogP contribution >= 0.6 is 27.5 Å². The van der Waals surface area contributed by atoms with E-state index in [9.17, 15) is 0 Å². The largest absolute Gasteiger partial charge is 0.493 e. The van der Waals surface area contributed by atoms with E-state index in [2.05, 4.69) is 34.8 Å². The van der Waals surface area contributed by atoms with E-state index in [1.165, 1.54) is 0 Å². The minimum absolute atomic E-state index is 0.438. The number of rotatable bonds is 3. The molecule has 0 unspecified atom stereocenters. The average Bonchev–Trinajstić information content (AvgIpc) is 1.99. The zero-order chi connectivity index (χ0) is 9.84. The summed E-state index contributed by atoms with van der Waals surface area (Å²) in [6.45, 7) is 4.88. The van der Waals surface area contributed by atoms with Crippen molar-refractivity contribution in [3.63, 3.8) is 0 Å². The third-order valence-electron chi connectivity index (χ3n) is 1.32. The van der Waals surface area contributed by atoms with E-state index in [0.29, 0.717) is 22.3 Å². The minimum atomic E-state index is 0.438. The molecule has 0 N–H and O–H groups in total. The second-order valence-corrected chi connectivity index (χ2v) is 4.35. The molecule has 1 heterocycles. The van der Waals surface area contributed by atoms with Gasteiger partial charge in [0.2, 0.25) is 0 Å². The first-order valence-corrected chi connectivity index (χ1v) is 5.21. The summed E-state index contributed by atoms with van der Waals surface area (Å²) in [6, 6.07) is 3.50. The van der Waals surface area contributed by atoms with Gasteiger partial charge >= 0.3 is 0 Å². The smallest absolute Gasteiger partial charge is 0.134 e. The van der Waals surface area contributed by atoms with Gasteiger partial charge in [-0.3, -0.25) is 0 Å². The molecule has 0 radical (unpaired) electrons. The SMILES string of the molecule is CC(C)COc1cc(Cl)nc(Br)c1. The highest BCUT2D eigenvalue weighted by Crippen LogP contribution is 2.21. The normalized spacial score (nSPS) is 10.5. The van der Waals surface area contributed by atoms with Crippen LogP contribution in [0.2, 0.25) is 5.15 Å². The van der Waals surface area contributed by atoms with E-state index in [1.54, 1.807) is 12.1 Å². The molecule has 0 amide bonds. The van der Waals surface area contributed by atoms with Crippen LogP contribution in [-0.4, -0.2) is 11.6 Å². The third-order valence-corrected chi connectivity index (χ3v) is 1.92. The first kappa shape index (κ1) is 10.8. The molecular formula is C9H11BrClNO. The van der Waals surface area contributed by atoms with Crippen LogP contribution in [0.5, 0.6) is 5.75 Å². The molecule has 0 aliphatic heterocycles. The standard InChI is InChI=1S/C9H11BrClNO/c1-6(2)5-13-7-3-8(10)12-9(11)4-7/h3-4,6H,5H2,1-2H3. The Balaban J connectivity index is 2.66. The highest BCUT2D eigenvalue weighted by atomic mass is 79.9. The summed E-state index contributed by atoms with van der Waals surface area (Å²) in [5.74, 6) is 1.26. The minimum Gasteiger partial charge on any atom is -0.493 e. The summed E-state index contributed by atoms with van der Waals surface area (Å²) < 4.78 is 6.17. The number of hydrogen-bond donors (Lipinski definition) is 0. The van der Waals surface area contributed by atoms with Crippen LogP contribution in [0.15, 0.2) is 16.7 Å². The van der Waals surface area contributed by atoms with Gasteiger partial charge in [0.25, 0.3) is 0 Å². The Morgan fingerprint density at radius 1 is 1.54 bits per heavy atom. The van der Waals surface area contributed by atoms with Crippen LogP contribution in [0.4, 0.5) is 0 Å². The Kier molecular flexibility index (Phi) is 4.00. The Labute approximate surface area is 91.4 Å². The number of pyridine rings is 1. The Hall–Kier alpha value is -0.280. The number of hydrogen-bond acceptors (Lipinski definition) is 2. The zero-order valence-electron chi connectivity index (χ0n) is 7.55. The van der Waals surface area contributed by atoms with Gasteiger partial charge in [-0.15, -0.1) is 0 Å². The number of ether oxygens (including phenoxy) is 1. The Morgan fingerprint density at radius 2 is 2.23 bits per heavy atom. The lowest BCUT2D eigenvalue weighted by molar-refractivity contribution is 0.270. The van der Waals surface area contributed by atoms with Crippen LogP contribution < -0.4 is 4.74 Å². The van der Waals surface area contributed by atoms with Gasteiger partial charge in [0, 0.05) is 12.1 Å². The lowest BCUT2D eigenvalue weighted by atomic mass is 10.2. The maximum absolute atomic E-state index is 5.74. The molecule has 1 rings (SSSR count). The fourth-order valence-corrected chi connectivity index (χ4v) is 1.51. The highest BCUT2D eigenvalue weighted by molar-refractivity contribution is 9.10. The molecule has 1 aromatic heterocycles. The molecule has 13 heavy (non-hydrogen) atoms. The monoisotopic (exact) mass is 263 g/mol. The summed E-state index contributed by atoms with van der Waals surface area (Å²) in [7, 11) is 0. The maximum atomic E-state index is 5.74. The molecule has 0 bridgehead atoms. The van der Waals surface area contributed by atoms with E-state index in [4.69, 9.17) is 16.3 Å². The molecular weight excluding hydrogens is 253 g/mol. The lowest BCUT2D eigenvalue weighted by Crippen LogP contribution is -2.04. The quantitative estimate of drug-likeness (QED) is 0.779. The maximum Gasteiger partial charge on any atom is 0.134 e. The van der Waals surface area contributed by atoms with Crippen LogP contribution in [0.1, 0.15) is 13.8 Å². The van der Waals surface area contributed by atoms with Crippen molar-refractivity contribution >= 4 is 27.5 Å². The van der Waals surface area contributed by atoms with E-state index in [0.717, 1.165) is 5.75 Å². The van der Waals surface area contributed by atoms with Gasteiger partial charge in [-0.1, -0.05) is 25.4 Å². The molecule has 0 aromatic carbocycles. The second kappa shape index (κ2) is 4.82. The van der Waals surface area contributed by atoms with Crippen molar-refractivity contribution in [3.05, 3.63) is 21.9 Å². The molecule has 0 fully saturated rings. The second-order valence-electron chi connectivity index (χ2n) is 3.15. The predicted molar refractivity (Wildman–Crippen MR) is 57.3 cm³/mol. The molecule has 72 valence electrons. The molecule has 0 saturated heterocycles. The van der Waals surface area contributed by atoms with Crippen LogP contribution in [0.3, 0.4) is 0 Å². The van der Waals surface area contributed by atoms with E-state index in [-0.39, 0.29) is 0 Å². The molecule has 2 nitrogen and oxygen atoms in total. The summed E-state index contributed by atoms with van der Waals surface area (Å²) in [4.78, 5) is 3.96. The molecule has 0 spiro atoms. The van der Waals surface area contributed by atoms with Crippen molar-refractivity contribution < 1.29 is 4.74 Å². The molecule has 0 saturated carbocycles. The fraction of sp³-hybridized carbons (Fsp3) is 0.444. The van der Waals surface area contributed by atoms with Gasteiger partial charge in [0.05, 0.1) is 6.61 Å². The highest BCUT2D eigenvalue weighted by Gasteiger charge is 2.01. The fourth-order valence-electron chi connectivity index (χ4n) is 0.789. The van der Waals surface area contributed by atoms with E-state index in [1.807, 2.05) is 0 Å². The van der Waals surface area contributed by atoms with Crippen molar-refractivity contribution in [2.24, 2.45) is 5.92 Å². The van der Waals surface area contributed by atoms with Crippen molar-refractivity contribution in [2.45, 2.75) is 13.8 Å². The van der Waals surface area contributed by atoms with Crippen molar-refractivity contribution in [2.75, 3.05) is 6.61 Å². The molecule has 4 heteroatoms. The molecule has 0 aliphatic rings. The van der Waals surface area contributed by atoms with Gasteiger partial charge < -0.3 is 4.74 Å². The molecule has 1 aromatic rings. The third kappa shape index (κ3) is 3.96. The molecule has 0 atom stereocenters. The van der Waals surface area contributed by atoms with E-state index >= 15 is 0 Å². The number of nitrogens with zero attached hydrogens (tertiary/aromatic N) is 1. The summed E-state index contributed by atoms with van der Waals surface area (Å²) in [6.07, 6.45) is 0. The first-order valence-electron chi connectivity index (χ1n) is 4.04. The van der Waals surface area contributed by atoms with Gasteiger partial charge in [-0.05, 0) is 21.8 Å². The summed E-state index contributed by atoms with van der Waals surface area (Å²) in [5.41, 5.74) is 0. The van der Waals surface area contributed by atoms with Gasteiger partial charge in [0.15, 0.2) is 0 Å². The average molecular weight is 265 g/mol. The Morgan fingerprint density at radius 3 is 2.77 bits per heavy atom. The van der Waals surface area contributed by atoms with Gasteiger partial charge in [-0.25, -0.2) is 4.98 Å². The molecule has 0 aliphatic carbocycles. The summed E-state index contributed by atoms with van der Waals surface area (Å²) >= 11 is 8.99. The predicted octanol–water partition coefficient (Wildman–Crippen LogP) is 3.53. The first-order chi connectivity index (χ1) is 6.08. The topological polar surface area (TPSA) is 22.1 Å². The van der Waals surface area contributed by atoms with Crippen molar-refractivity contribution in [3.8, 4) is 5.75 Å². The zero-order valence-corrected chi connectivity index (χ0v) is 9.89. The van der Waals surface area contributed by atoms with Gasteiger partial charge in [-0.2, -0.15) is 0 Å². The van der Waals surface area contributed by atoms with Crippen LogP contribution in [-0.2, 0) is 0 Å². The van der Waals surface area contributed by atoms with Crippen LogP contribution in [0, 0.1) is 5.92 Å². The summed E-state index contributed by atoms with van der Waals surface area (Å²) in [5, 5.41) is 0.438.